The van der Waals surface area contributed by atoms with Crippen LogP contribution in [0.25, 0.3) is 22.4 Å². The number of aromatic nitrogens is 3. The van der Waals surface area contributed by atoms with Crippen molar-refractivity contribution in [3.63, 3.8) is 0 Å². The van der Waals surface area contributed by atoms with E-state index >= 15 is 0 Å². The number of hydrogen-bond donors (Lipinski definition) is 2. The highest BCUT2D eigenvalue weighted by Gasteiger charge is 2.22. The van der Waals surface area contributed by atoms with E-state index in [0.29, 0.717) is 28.3 Å². The van der Waals surface area contributed by atoms with Crippen molar-refractivity contribution in [3.05, 3.63) is 95.7 Å². The van der Waals surface area contributed by atoms with E-state index in [-0.39, 0.29) is 11.8 Å². The van der Waals surface area contributed by atoms with Crippen LogP contribution in [-0.2, 0) is 5.41 Å². The SMILES string of the molecule is CNC(=O)c1cc(-c2cc(-c3cc(NC(=O)c4ccnc(C(C)(C)C#N)c4)ccc3C)ccn2)ccn1. The molecule has 0 spiro atoms. The van der Waals surface area contributed by atoms with Gasteiger partial charge in [0.15, 0.2) is 0 Å². The lowest BCUT2D eigenvalue weighted by atomic mass is 9.90. The first-order valence-electron chi connectivity index (χ1n) is 11.7. The highest BCUT2D eigenvalue weighted by atomic mass is 16.2. The Balaban J connectivity index is 1.63. The molecule has 0 aliphatic rings. The third-order valence-electron chi connectivity index (χ3n) is 6.02. The van der Waals surface area contributed by atoms with Crippen LogP contribution in [0.3, 0.4) is 0 Å². The summed E-state index contributed by atoms with van der Waals surface area (Å²) < 4.78 is 0. The number of amides is 2. The molecular formula is C29H26N6O2. The minimum Gasteiger partial charge on any atom is -0.354 e. The molecule has 184 valence electrons. The van der Waals surface area contributed by atoms with Crippen LogP contribution in [0, 0.1) is 18.3 Å². The molecule has 0 unspecified atom stereocenters. The van der Waals surface area contributed by atoms with Crippen LogP contribution in [-0.4, -0.2) is 33.8 Å². The summed E-state index contributed by atoms with van der Waals surface area (Å²) in [7, 11) is 1.56. The number of nitriles is 1. The first-order chi connectivity index (χ1) is 17.7. The maximum Gasteiger partial charge on any atom is 0.269 e. The first kappa shape index (κ1) is 25.2. The van der Waals surface area contributed by atoms with E-state index < -0.39 is 5.41 Å². The molecule has 8 nitrogen and oxygen atoms in total. The summed E-state index contributed by atoms with van der Waals surface area (Å²) in [6, 6.07) is 18.5. The predicted octanol–water partition coefficient (Wildman–Crippen LogP) is 4.93. The van der Waals surface area contributed by atoms with Gasteiger partial charge in [-0.2, -0.15) is 5.26 Å². The zero-order valence-electron chi connectivity index (χ0n) is 21.0. The lowest BCUT2D eigenvalue weighted by Crippen LogP contribution is -2.19. The molecule has 0 fully saturated rings. The van der Waals surface area contributed by atoms with Crippen molar-refractivity contribution in [2.75, 3.05) is 12.4 Å². The molecule has 2 amide bonds. The standard InChI is InChI=1S/C29H26N6O2/c1-18-5-6-22(35-27(36)21-9-12-34-26(15-21)29(2,3)17-30)16-23(18)19-7-10-32-24(13-19)20-8-11-33-25(14-20)28(37)31-4/h5-16H,1-4H3,(H,31,37)(H,35,36). The molecule has 0 aliphatic carbocycles. The molecule has 1 aromatic carbocycles. The molecule has 8 heteroatoms. The Labute approximate surface area is 215 Å². The number of benzene rings is 1. The third kappa shape index (κ3) is 5.52. The molecular weight excluding hydrogens is 464 g/mol. The van der Waals surface area contributed by atoms with Crippen molar-refractivity contribution in [3.8, 4) is 28.5 Å². The van der Waals surface area contributed by atoms with Crippen molar-refractivity contribution < 1.29 is 9.59 Å². The van der Waals surface area contributed by atoms with Gasteiger partial charge in [-0.3, -0.25) is 24.5 Å². The number of pyridine rings is 3. The zero-order chi connectivity index (χ0) is 26.6. The quantitative estimate of drug-likeness (QED) is 0.395. The molecule has 4 aromatic rings. The van der Waals surface area contributed by atoms with Gasteiger partial charge in [0.1, 0.15) is 5.69 Å². The van der Waals surface area contributed by atoms with Gasteiger partial charge in [-0.05, 0) is 86.0 Å². The fourth-order valence-electron chi connectivity index (χ4n) is 3.78. The predicted molar refractivity (Wildman–Crippen MR) is 142 cm³/mol. The van der Waals surface area contributed by atoms with Crippen LogP contribution >= 0.6 is 0 Å². The number of aryl methyl sites for hydroxylation is 1. The summed E-state index contributed by atoms with van der Waals surface area (Å²) in [6.45, 7) is 5.52. The monoisotopic (exact) mass is 490 g/mol. The van der Waals surface area contributed by atoms with Crippen molar-refractivity contribution in [1.29, 1.82) is 5.26 Å². The van der Waals surface area contributed by atoms with E-state index in [2.05, 4.69) is 31.7 Å². The number of anilines is 1. The maximum absolute atomic E-state index is 13.0. The number of hydrogen-bond acceptors (Lipinski definition) is 6. The van der Waals surface area contributed by atoms with Crippen LogP contribution in [0.4, 0.5) is 5.69 Å². The molecule has 3 aromatic heterocycles. The molecule has 2 N–H and O–H groups in total. The van der Waals surface area contributed by atoms with Crippen molar-refractivity contribution in [2.24, 2.45) is 0 Å². The summed E-state index contributed by atoms with van der Waals surface area (Å²) in [6.07, 6.45) is 4.83. The second-order valence-electron chi connectivity index (χ2n) is 9.09. The van der Waals surface area contributed by atoms with Gasteiger partial charge in [-0.25, -0.2) is 0 Å². The largest absolute Gasteiger partial charge is 0.354 e. The van der Waals surface area contributed by atoms with Crippen molar-refractivity contribution >= 4 is 17.5 Å². The molecule has 0 atom stereocenters. The number of carbonyl (C=O) groups excluding carboxylic acids is 2. The van der Waals surface area contributed by atoms with Crippen LogP contribution < -0.4 is 10.6 Å². The van der Waals surface area contributed by atoms with Crippen molar-refractivity contribution in [1.82, 2.24) is 20.3 Å². The van der Waals surface area contributed by atoms with Crippen LogP contribution in [0.5, 0.6) is 0 Å². The Morgan fingerprint density at radius 3 is 2.35 bits per heavy atom. The van der Waals surface area contributed by atoms with E-state index in [1.54, 1.807) is 57.6 Å². The Morgan fingerprint density at radius 2 is 1.59 bits per heavy atom. The molecule has 0 radical (unpaired) electrons. The maximum atomic E-state index is 13.0. The van der Waals surface area contributed by atoms with Crippen molar-refractivity contribution in [2.45, 2.75) is 26.2 Å². The van der Waals surface area contributed by atoms with Gasteiger partial charge >= 0.3 is 0 Å². The highest BCUT2D eigenvalue weighted by Crippen LogP contribution is 2.30. The summed E-state index contributed by atoms with van der Waals surface area (Å²) in [5.41, 5.74) is 5.44. The molecule has 0 bridgehead atoms. The Morgan fingerprint density at radius 1 is 0.865 bits per heavy atom. The average molecular weight is 491 g/mol. The Bertz CT molecular complexity index is 1540. The van der Waals surface area contributed by atoms with Crippen LogP contribution in [0.15, 0.2) is 73.2 Å². The Kier molecular flexibility index (Phi) is 7.07. The zero-order valence-corrected chi connectivity index (χ0v) is 21.0. The van der Waals surface area contributed by atoms with Gasteiger partial charge in [-0.15, -0.1) is 0 Å². The first-order valence-corrected chi connectivity index (χ1v) is 11.7. The fourth-order valence-corrected chi connectivity index (χ4v) is 3.78. The highest BCUT2D eigenvalue weighted by molar-refractivity contribution is 6.04. The van der Waals surface area contributed by atoms with E-state index in [4.69, 9.17) is 0 Å². The average Bonchev–Trinajstić information content (AvgIpc) is 2.93. The summed E-state index contributed by atoms with van der Waals surface area (Å²) in [4.78, 5) is 37.8. The number of carbonyl (C=O) groups is 2. The van der Waals surface area contributed by atoms with Crippen LogP contribution in [0.1, 0.15) is 46.0 Å². The van der Waals surface area contributed by atoms with E-state index in [1.165, 1.54) is 6.20 Å². The molecule has 0 saturated carbocycles. The van der Waals surface area contributed by atoms with Crippen LogP contribution in [0.2, 0.25) is 0 Å². The van der Waals surface area contributed by atoms with Gasteiger partial charge in [0, 0.05) is 42.5 Å². The Hall–Kier alpha value is -4.90. The molecule has 0 aliphatic heterocycles. The minimum atomic E-state index is -0.803. The molecule has 3 heterocycles. The minimum absolute atomic E-state index is 0.269. The van der Waals surface area contributed by atoms with E-state index in [0.717, 1.165) is 22.3 Å². The lowest BCUT2D eigenvalue weighted by molar-refractivity contribution is 0.0957. The van der Waals surface area contributed by atoms with Gasteiger partial charge in [0.2, 0.25) is 0 Å². The topological polar surface area (TPSA) is 121 Å². The van der Waals surface area contributed by atoms with Gasteiger partial charge in [-0.1, -0.05) is 6.07 Å². The third-order valence-corrected chi connectivity index (χ3v) is 6.02. The molecule has 4 rings (SSSR count). The number of nitrogens with one attached hydrogen (secondary N) is 2. The normalized spacial score (nSPS) is 10.9. The summed E-state index contributed by atoms with van der Waals surface area (Å²) >= 11 is 0. The lowest BCUT2D eigenvalue weighted by Gasteiger charge is -2.15. The number of nitrogens with zero attached hydrogens (tertiary/aromatic N) is 4. The smallest absolute Gasteiger partial charge is 0.269 e. The summed E-state index contributed by atoms with van der Waals surface area (Å²) in [5.74, 6) is -0.559. The van der Waals surface area contributed by atoms with E-state index in [1.807, 2.05) is 37.3 Å². The molecule has 0 saturated heterocycles. The molecule has 37 heavy (non-hydrogen) atoms. The van der Waals surface area contributed by atoms with Gasteiger partial charge in [0.05, 0.1) is 22.9 Å². The van der Waals surface area contributed by atoms with Gasteiger partial charge in [0.25, 0.3) is 11.8 Å². The second kappa shape index (κ2) is 10.4. The summed E-state index contributed by atoms with van der Waals surface area (Å²) in [5, 5.41) is 14.9. The second-order valence-corrected chi connectivity index (χ2v) is 9.09. The fraction of sp³-hybridized carbons (Fsp3) is 0.172. The number of rotatable bonds is 6. The van der Waals surface area contributed by atoms with Gasteiger partial charge < -0.3 is 10.6 Å². The van der Waals surface area contributed by atoms with E-state index in [9.17, 15) is 14.9 Å².